The highest BCUT2D eigenvalue weighted by atomic mass is 16.6. The third-order valence-corrected chi connectivity index (χ3v) is 5.13. The predicted molar refractivity (Wildman–Crippen MR) is 97.1 cm³/mol. The average Bonchev–Trinajstić information content (AvgIpc) is 2.69. The number of hydrogen-bond acceptors (Lipinski definition) is 4. The monoisotopic (exact) mass is 339 g/mol. The topological polar surface area (TPSA) is 30.9 Å². The van der Waals surface area contributed by atoms with E-state index in [1.807, 2.05) is 31.4 Å². The van der Waals surface area contributed by atoms with Crippen LogP contribution in [0.3, 0.4) is 0 Å². The largest absolute Gasteiger partial charge is 0.485 e. The van der Waals surface area contributed by atoms with Crippen LogP contribution < -0.4 is 9.47 Å². The fraction of sp³-hybridized carbons (Fsp3) is 0.429. The third-order valence-electron chi connectivity index (χ3n) is 5.13. The van der Waals surface area contributed by atoms with Gasteiger partial charge < -0.3 is 14.2 Å². The number of likely N-dealkylation sites (tertiary alicyclic amines) is 1. The second-order valence-corrected chi connectivity index (χ2v) is 6.82. The molecule has 132 valence electrons. The molecule has 0 saturated carbocycles. The van der Waals surface area contributed by atoms with Crippen LogP contribution in [0.1, 0.15) is 30.1 Å². The highest BCUT2D eigenvalue weighted by Crippen LogP contribution is 2.35. The molecule has 0 aromatic heterocycles. The van der Waals surface area contributed by atoms with E-state index < -0.39 is 0 Å². The number of piperidine rings is 1. The minimum atomic E-state index is -0.0404. The van der Waals surface area contributed by atoms with Gasteiger partial charge >= 0.3 is 0 Å². The molecule has 0 spiro atoms. The molecule has 2 aromatic carbocycles. The van der Waals surface area contributed by atoms with Crippen LogP contribution in [0.4, 0.5) is 0 Å². The van der Waals surface area contributed by atoms with Gasteiger partial charge in [-0.05, 0) is 36.1 Å². The molecule has 4 heteroatoms. The smallest absolute Gasteiger partial charge is 0.162 e. The van der Waals surface area contributed by atoms with Gasteiger partial charge in [-0.25, -0.2) is 0 Å². The first-order chi connectivity index (χ1) is 12.3. The third kappa shape index (κ3) is 3.80. The SMILES string of the molecule is COC1CCN(Cc2ccc(C3COc4ccccc4O3)cc2)CC1. The molecule has 1 unspecified atom stereocenters. The number of methoxy groups -OCH3 is 1. The number of benzene rings is 2. The van der Waals surface area contributed by atoms with Crippen molar-refractivity contribution in [1.82, 2.24) is 4.90 Å². The summed E-state index contributed by atoms with van der Waals surface area (Å²) in [6.07, 6.45) is 2.65. The molecule has 0 bridgehead atoms. The van der Waals surface area contributed by atoms with E-state index in [4.69, 9.17) is 14.2 Å². The van der Waals surface area contributed by atoms with Crippen molar-refractivity contribution >= 4 is 0 Å². The van der Waals surface area contributed by atoms with Crippen LogP contribution in [-0.2, 0) is 11.3 Å². The molecule has 4 nitrogen and oxygen atoms in total. The Hall–Kier alpha value is -2.04. The summed E-state index contributed by atoms with van der Waals surface area (Å²) in [7, 11) is 1.81. The lowest BCUT2D eigenvalue weighted by atomic mass is 10.0. The maximum atomic E-state index is 6.08. The summed E-state index contributed by atoms with van der Waals surface area (Å²) >= 11 is 0. The van der Waals surface area contributed by atoms with Gasteiger partial charge in [0, 0.05) is 26.7 Å². The zero-order valence-corrected chi connectivity index (χ0v) is 14.7. The van der Waals surface area contributed by atoms with Crippen molar-refractivity contribution in [2.75, 3.05) is 26.8 Å². The van der Waals surface area contributed by atoms with Crippen LogP contribution in [0, 0.1) is 0 Å². The first-order valence-electron chi connectivity index (χ1n) is 9.04. The molecule has 1 saturated heterocycles. The normalized spacial score (nSPS) is 21.2. The fourth-order valence-electron chi connectivity index (χ4n) is 3.58. The predicted octanol–water partition coefficient (Wildman–Crippen LogP) is 3.81. The molecule has 0 radical (unpaired) electrons. The van der Waals surface area contributed by atoms with Gasteiger partial charge in [-0.3, -0.25) is 4.90 Å². The summed E-state index contributed by atoms with van der Waals surface area (Å²) in [6.45, 7) is 3.77. The molecular formula is C21H25NO3. The van der Waals surface area contributed by atoms with Crippen molar-refractivity contribution in [2.24, 2.45) is 0 Å². The Morgan fingerprint density at radius 2 is 1.72 bits per heavy atom. The van der Waals surface area contributed by atoms with E-state index >= 15 is 0 Å². The molecule has 1 atom stereocenters. The van der Waals surface area contributed by atoms with Crippen molar-refractivity contribution < 1.29 is 14.2 Å². The Morgan fingerprint density at radius 3 is 2.44 bits per heavy atom. The molecule has 2 aliphatic heterocycles. The maximum absolute atomic E-state index is 6.08. The van der Waals surface area contributed by atoms with E-state index in [2.05, 4.69) is 29.2 Å². The van der Waals surface area contributed by atoms with Crippen molar-refractivity contribution in [3.63, 3.8) is 0 Å². The molecular weight excluding hydrogens is 314 g/mol. The van der Waals surface area contributed by atoms with E-state index in [1.165, 1.54) is 5.56 Å². The van der Waals surface area contributed by atoms with Crippen LogP contribution in [0.5, 0.6) is 11.5 Å². The fourth-order valence-corrected chi connectivity index (χ4v) is 3.58. The summed E-state index contributed by atoms with van der Waals surface area (Å²) in [5.41, 5.74) is 2.51. The average molecular weight is 339 g/mol. The summed E-state index contributed by atoms with van der Waals surface area (Å²) in [4.78, 5) is 2.50. The number of nitrogens with zero attached hydrogens (tertiary/aromatic N) is 1. The van der Waals surface area contributed by atoms with E-state index in [-0.39, 0.29) is 6.10 Å². The first kappa shape index (κ1) is 16.4. The molecule has 2 heterocycles. The second kappa shape index (κ2) is 7.46. The Labute approximate surface area is 149 Å². The van der Waals surface area contributed by atoms with E-state index in [1.54, 1.807) is 0 Å². The Morgan fingerprint density at radius 1 is 1.00 bits per heavy atom. The number of rotatable bonds is 4. The number of hydrogen-bond donors (Lipinski definition) is 0. The summed E-state index contributed by atoms with van der Waals surface area (Å²) < 4.78 is 17.3. The van der Waals surface area contributed by atoms with Crippen molar-refractivity contribution in [1.29, 1.82) is 0 Å². The molecule has 0 N–H and O–H groups in total. The summed E-state index contributed by atoms with van der Waals surface area (Å²) in [6, 6.07) is 16.6. The number of para-hydroxylation sites is 2. The zero-order valence-electron chi connectivity index (χ0n) is 14.7. The highest BCUT2D eigenvalue weighted by molar-refractivity contribution is 5.41. The number of ether oxygens (including phenoxy) is 3. The molecule has 0 aliphatic carbocycles. The quantitative estimate of drug-likeness (QED) is 0.847. The van der Waals surface area contributed by atoms with Crippen LogP contribution in [-0.4, -0.2) is 37.8 Å². The molecule has 25 heavy (non-hydrogen) atoms. The lowest BCUT2D eigenvalue weighted by Crippen LogP contribution is -2.36. The van der Waals surface area contributed by atoms with Crippen LogP contribution in [0.25, 0.3) is 0 Å². The van der Waals surface area contributed by atoms with Crippen LogP contribution in [0.2, 0.25) is 0 Å². The molecule has 2 aromatic rings. The van der Waals surface area contributed by atoms with Gasteiger partial charge in [0.1, 0.15) is 6.61 Å². The molecule has 4 rings (SSSR count). The van der Waals surface area contributed by atoms with E-state index in [0.717, 1.165) is 49.5 Å². The van der Waals surface area contributed by atoms with Crippen LogP contribution in [0.15, 0.2) is 48.5 Å². The Kier molecular flexibility index (Phi) is 4.90. The lowest BCUT2D eigenvalue weighted by Gasteiger charge is -2.31. The lowest BCUT2D eigenvalue weighted by molar-refractivity contribution is 0.0388. The van der Waals surface area contributed by atoms with E-state index in [9.17, 15) is 0 Å². The van der Waals surface area contributed by atoms with Gasteiger partial charge in [0.05, 0.1) is 6.10 Å². The Balaban J connectivity index is 1.36. The molecule has 2 aliphatic rings. The maximum Gasteiger partial charge on any atom is 0.162 e. The van der Waals surface area contributed by atoms with Gasteiger partial charge in [0.15, 0.2) is 17.6 Å². The van der Waals surface area contributed by atoms with Gasteiger partial charge in [0.25, 0.3) is 0 Å². The van der Waals surface area contributed by atoms with Gasteiger partial charge in [-0.2, -0.15) is 0 Å². The standard InChI is InChI=1S/C21H25NO3/c1-23-18-10-12-22(13-11-18)14-16-6-8-17(9-7-16)21-15-24-19-4-2-3-5-20(19)25-21/h2-9,18,21H,10-15H2,1H3. The van der Waals surface area contributed by atoms with Gasteiger partial charge in [0.2, 0.25) is 0 Å². The van der Waals surface area contributed by atoms with Crippen molar-refractivity contribution in [3.05, 3.63) is 59.7 Å². The molecule has 0 amide bonds. The zero-order chi connectivity index (χ0) is 17.1. The van der Waals surface area contributed by atoms with Gasteiger partial charge in [-0.15, -0.1) is 0 Å². The van der Waals surface area contributed by atoms with Crippen molar-refractivity contribution in [2.45, 2.75) is 31.6 Å². The molecule has 1 fully saturated rings. The summed E-state index contributed by atoms with van der Waals surface area (Å²) in [5.74, 6) is 1.65. The van der Waals surface area contributed by atoms with Crippen molar-refractivity contribution in [3.8, 4) is 11.5 Å². The Bertz CT molecular complexity index is 693. The summed E-state index contributed by atoms with van der Waals surface area (Å²) in [5, 5.41) is 0. The first-order valence-corrected chi connectivity index (χ1v) is 9.04. The van der Waals surface area contributed by atoms with Crippen LogP contribution >= 0.6 is 0 Å². The highest BCUT2D eigenvalue weighted by Gasteiger charge is 2.22. The van der Waals surface area contributed by atoms with Gasteiger partial charge in [-0.1, -0.05) is 36.4 Å². The minimum absolute atomic E-state index is 0.0404. The minimum Gasteiger partial charge on any atom is -0.485 e. The van der Waals surface area contributed by atoms with E-state index in [0.29, 0.717) is 12.7 Å². The number of fused-ring (bicyclic) bond motifs is 1. The second-order valence-electron chi connectivity index (χ2n) is 6.82.